The summed E-state index contributed by atoms with van der Waals surface area (Å²) in [5.41, 5.74) is -0.251. The zero-order chi connectivity index (χ0) is 10.2. The minimum Gasteiger partial charge on any atom is -0.467 e. The van der Waals surface area contributed by atoms with Gasteiger partial charge in [0.25, 0.3) is 0 Å². The van der Waals surface area contributed by atoms with Crippen molar-refractivity contribution >= 4 is 11.9 Å². The Morgan fingerprint density at radius 3 is 2.71 bits per heavy atom. The molecule has 0 unspecified atom stereocenters. The van der Waals surface area contributed by atoms with E-state index in [0.29, 0.717) is 6.42 Å². The number of methoxy groups -OCH3 is 1. The summed E-state index contributed by atoms with van der Waals surface area (Å²) in [6.07, 6.45) is 4.67. The lowest BCUT2D eigenvalue weighted by molar-refractivity contribution is -0.143. The van der Waals surface area contributed by atoms with Gasteiger partial charge in [0, 0.05) is 0 Å². The first-order valence-corrected chi connectivity index (χ1v) is 5.07. The van der Waals surface area contributed by atoms with E-state index < -0.39 is 6.04 Å². The number of hydrogen-bond donors (Lipinski definition) is 1. The van der Waals surface area contributed by atoms with Crippen LogP contribution in [0.1, 0.15) is 32.1 Å². The molecule has 78 valence electrons. The van der Waals surface area contributed by atoms with Crippen LogP contribution < -0.4 is 5.32 Å². The normalized spacial score (nSPS) is 29.2. The summed E-state index contributed by atoms with van der Waals surface area (Å²) in [4.78, 5) is 23.0. The van der Waals surface area contributed by atoms with Crippen LogP contribution >= 0.6 is 0 Å². The summed E-state index contributed by atoms with van der Waals surface area (Å²) < 4.78 is 4.63. The highest BCUT2D eigenvalue weighted by Gasteiger charge is 2.50. The number of amides is 1. The van der Waals surface area contributed by atoms with E-state index >= 15 is 0 Å². The third-order valence-electron chi connectivity index (χ3n) is 3.43. The van der Waals surface area contributed by atoms with Crippen molar-refractivity contribution in [1.82, 2.24) is 5.32 Å². The Hall–Kier alpha value is -1.06. The maximum atomic E-state index is 11.7. The first kappa shape index (κ1) is 9.49. The number of ether oxygens (including phenoxy) is 1. The Balaban J connectivity index is 2.10. The van der Waals surface area contributed by atoms with Gasteiger partial charge in [0.2, 0.25) is 5.91 Å². The topological polar surface area (TPSA) is 55.4 Å². The summed E-state index contributed by atoms with van der Waals surface area (Å²) in [5.74, 6) is -0.271. The van der Waals surface area contributed by atoms with Gasteiger partial charge in [0.05, 0.1) is 12.5 Å². The van der Waals surface area contributed by atoms with Crippen LogP contribution in [0.3, 0.4) is 0 Å². The number of rotatable bonds is 1. The van der Waals surface area contributed by atoms with Gasteiger partial charge < -0.3 is 10.1 Å². The van der Waals surface area contributed by atoms with E-state index in [2.05, 4.69) is 10.1 Å². The minimum atomic E-state index is -0.411. The average Bonchev–Trinajstić information content (AvgIpc) is 2.76. The fourth-order valence-electron chi connectivity index (χ4n) is 2.61. The first-order valence-electron chi connectivity index (χ1n) is 5.07. The lowest BCUT2D eigenvalue weighted by Crippen LogP contribution is -2.34. The van der Waals surface area contributed by atoms with Crippen LogP contribution in [0.5, 0.6) is 0 Å². The minimum absolute atomic E-state index is 0.0467. The smallest absolute Gasteiger partial charge is 0.328 e. The van der Waals surface area contributed by atoms with E-state index in [-0.39, 0.29) is 17.3 Å². The SMILES string of the molecule is COC(=O)[C@@H]1CC2(CCCC2)C(=O)N1. The lowest BCUT2D eigenvalue weighted by Gasteiger charge is -2.17. The molecule has 1 saturated carbocycles. The molecule has 1 N–H and O–H groups in total. The number of carbonyl (C=O) groups is 2. The van der Waals surface area contributed by atoms with Gasteiger partial charge >= 0.3 is 5.97 Å². The molecule has 2 aliphatic rings. The second-order valence-corrected chi connectivity index (χ2v) is 4.24. The van der Waals surface area contributed by atoms with Crippen molar-refractivity contribution in [1.29, 1.82) is 0 Å². The molecular weight excluding hydrogens is 182 g/mol. The van der Waals surface area contributed by atoms with Crippen LogP contribution in [0.4, 0.5) is 0 Å². The largest absolute Gasteiger partial charge is 0.467 e. The van der Waals surface area contributed by atoms with Gasteiger partial charge in [0.1, 0.15) is 6.04 Å². The maximum absolute atomic E-state index is 11.7. The van der Waals surface area contributed by atoms with E-state index in [1.165, 1.54) is 7.11 Å². The molecule has 4 nitrogen and oxygen atoms in total. The molecule has 1 amide bonds. The highest BCUT2D eigenvalue weighted by Crippen LogP contribution is 2.45. The Kier molecular flexibility index (Phi) is 2.21. The van der Waals surface area contributed by atoms with Crippen LogP contribution in [-0.4, -0.2) is 25.0 Å². The first-order chi connectivity index (χ1) is 6.68. The predicted octanol–water partition coefficient (Wildman–Crippen LogP) is 0.608. The van der Waals surface area contributed by atoms with Gasteiger partial charge in [-0.25, -0.2) is 4.79 Å². The molecule has 1 atom stereocenters. The molecule has 0 radical (unpaired) electrons. The van der Waals surface area contributed by atoms with E-state index in [0.717, 1.165) is 25.7 Å². The van der Waals surface area contributed by atoms with E-state index in [4.69, 9.17) is 0 Å². The van der Waals surface area contributed by atoms with Crippen LogP contribution in [-0.2, 0) is 14.3 Å². The molecule has 1 saturated heterocycles. The fourth-order valence-corrected chi connectivity index (χ4v) is 2.61. The monoisotopic (exact) mass is 197 g/mol. The van der Waals surface area contributed by atoms with Gasteiger partial charge in [0.15, 0.2) is 0 Å². The molecule has 1 heterocycles. The van der Waals surface area contributed by atoms with Crippen LogP contribution in [0.15, 0.2) is 0 Å². The van der Waals surface area contributed by atoms with Crippen LogP contribution in [0.2, 0.25) is 0 Å². The highest BCUT2D eigenvalue weighted by molar-refractivity contribution is 5.92. The molecule has 1 aliphatic carbocycles. The Morgan fingerprint density at radius 2 is 2.14 bits per heavy atom. The second kappa shape index (κ2) is 3.26. The van der Waals surface area contributed by atoms with E-state index in [9.17, 15) is 9.59 Å². The Morgan fingerprint density at radius 1 is 1.50 bits per heavy atom. The zero-order valence-electron chi connectivity index (χ0n) is 8.34. The summed E-state index contributed by atoms with van der Waals surface area (Å²) in [7, 11) is 1.36. The number of esters is 1. The third-order valence-corrected chi connectivity index (χ3v) is 3.43. The molecule has 2 fully saturated rings. The number of hydrogen-bond acceptors (Lipinski definition) is 3. The molecule has 2 rings (SSSR count). The van der Waals surface area contributed by atoms with Gasteiger partial charge in [-0.1, -0.05) is 12.8 Å². The number of carbonyl (C=O) groups excluding carboxylic acids is 2. The van der Waals surface area contributed by atoms with Gasteiger partial charge in [-0.15, -0.1) is 0 Å². The zero-order valence-corrected chi connectivity index (χ0v) is 8.34. The number of nitrogens with one attached hydrogen (secondary N) is 1. The lowest BCUT2D eigenvalue weighted by atomic mass is 9.83. The van der Waals surface area contributed by atoms with Crippen LogP contribution in [0, 0.1) is 5.41 Å². The molecule has 1 spiro atoms. The maximum Gasteiger partial charge on any atom is 0.328 e. The molecule has 14 heavy (non-hydrogen) atoms. The predicted molar refractivity (Wildman–Crippen MR) is 49.5 cm³/mol. The van der Waals surface area contributed by atoms with E-state index in [1.807, 2.05) is 0 Å². The standard InChI is InChI=1S/C10H15NO3/c1-14-8(12)7-6-10(9(13)11-7)4-2-3-5-10/h7H,2-6H2,1H3,(H,11,13)/t7-/m0/s1. The molecule has 4 heteroatoms. The summed E-state index contributed by atoms with van der Waals surface area (Å²) in [6.45, 7) is 0. The Bertz CT molecular complexity index is 269. The van der Waals surface area contributed by atoms with Crippen molar-refractivity contribution in [3.05, 3.63) is 0 Å². The van der Waals surface area contributed by atoms with Gasteiger partial charge in [-0.05, 0) is 19.3 Å². The fraction of sp³-hybridized carbons (Fsp3) is 0.800. The summed E-state index contributed by atoms with van der Waals surface area (Å²) in [5, 5.41) is 2.72. The Labute approximate surface area is 83.0 Å². The molecule has 0 bridgehead atoms. The molecular formula is C10H15NO3. The molecule has 0 aromatic carbocycles. The molecule has 0 aromatic heterocycles. The average molecular weight is 197 g/mol. The van der Waals surface area contributed by atoms with Crippen molar-refractivity contribution in [2.24, 2.45) is 5.41 Å². The van der Waals surface area contributed by atoms with Crippen molar-refractivity contribution in [3.63, 3.8) is 0 Å². The van der Waals surface area contributed by atoms with Gasteiger partial charge in [-0.2, -0.15) is 0 Å². The van der Waals surface area contributed by atoms with Crippen molar-refractivity contribution in [3.8, 4) is 0 Å². The second-order valence-electron chi connectivity index (χ2n) is 4.24. The van der Waals surface area contributed by atoms with Crippen LogP contribution in [0.25, 0.3) is 0 Å². The molecule has 0 aromatic rings. The van der Waals surface area contributed by atoms with Crippen molar-refractivity contribution in [2.45, 2.75) is 38.1 Å². The summed E-state index contributed by atoms with van der Waals surface area (Å²) >= 11 is 0. The van der Waals surface area contributed by atoms with Gasteiger partial charge in [-0.3, -0.25) is 4.79 Å². The van der Waals surface area contributed by atoms with Crippen molar-refractivity contribution in [2.75, 3.05) is 7.11 Å². The molecule has 1 aliphatic heterocycles. The summed E-state index contributed by atoms with van der Waals surface area (Å²) in [6, 6.07) is -0.411. The van der Waals surface area contributed by atoms with Crippen molar-refractivity contribution < 1.29 is 14.3 Å². The third kappa shape index (κ3) is 1.29. The van der Waals surface area contributed by atoms with E-state index in [1.54, 1.807) is 0 Å². The quantitative estimate of drug-likeness (QED) is 0.626. The highest BCUT2D eigenvalue weighted by atomic mass is 16.5.